The third-order valence-corrected chi connectivity index (χ3v) is 4.91. The summed E-state index contributed by atoms with van der Waals surface area (Å²) in [5, 5.41) is 0. The van der Waals surface area contributed by atoms with Gasteiger partial charge in [-0.2, -0.15) is 0 Å². The molecule has 4 rings (SSSR count). The van der Waals surface area contributed by atoms with Gasteiger partial charge < -0.3 is 14.1 Å². The van der Waals surface area contributed by atoms with Crippen LogP contribution in [0.15, 0.2) is 59.2 Å². The fourth-order valence-electron chi connectivity index (χ4n) is 3.31. The number of nitrogens with zero attached hydrogens (tertiary/aromatic N) is 2. The molecule has 0 unspecified atom stereocenters. The van der Waals surface area contributed by atoms with Crippen LogP contribution in [0.3, 0.4) is 0 Å². The number of aromatic nitrogens is 1. The van der Waals surface area contributed by atoms with Gasteiger partial charge in [0.25, 0.3) is 0 Å². The number of hydrogen-bond donors (Lipinski definition) is 0. The van der Waals surface area contributed by atoms with Gasteiger partial charge in [0.2, 0.25) is 11.8 Å². The highest BCUT2D eigenvalue weighted by molar-refractivity contribution is 5.89. The predicted octanol–water partition coefficient (Wildman–Crippen LogP) is 4.13. The van der Waals surface area contributed by atoms with Crippen molar-refractivity contribution in [2.45, 2.75) is 32.9 Å². The molecular weight excluding hydrogens is 368 g/mol. The normalized spacial score (nSPS) is 13.7. The van der Waals surface area contributed by atoms with E-state index in [0.29, 0.717) is 30.1 Å². The number of oxazole rings is 1. The van der Waals surface area contributed by atoms with Crippen LogP contribution in [0.4, 0.5) is 0 Å². The van der Waals surface area contributed by atoms with Crippen molar-refractivity contribution < 1.29 is 18.7 Å². The van der Waals surface area contributed by atoms with E-state index in [-0.39, 0.29) is 12.5 Å². The summed E-state index contributed by atoms with van der Waals surface area (Å²) in [6, 6.07) is 15.0. The number of amides is 1. The van der Waals surface area contributed by atoms with Crippen molar-refractivity contribution in [2.24, 2.45) is 0 Å². The van der Waals surface area contributed by atoms with Crippen molar-refractivity contribution in [3.63, 3.8) is 0 Å². The van der Waals surface area contributed by atoms with E-state index in [1.54, 1.807) is 18.2 Å². The largest absolute Gasteiger partial charge is 0.455 e. The third kappa shape index (κ3) is 4.54. The summed E-state index contributed by atoms with van der Waals surface area (Å²) >= 11 is 0. The summed E-state index contributed by atoms with van der Waals surface area (Å²) in [6.45, 7) is 3.33. The number of benzene rings is 2. The minimum atomic E-state index is -0.431. The first kappa shape index (κ1) is 18.9. The molecule has 6 heteroatoms. The van der Waals surface area contributed by atoms with E-state index < -0.39 is 5.97 Å². The molecule has 29 heavy (non-hydrogen) atoms. The topological polar surface area (TPSA) is 72.6 Å². The average molecular weight is 390 g/mol. The van der Waals surface area contributed by atoms with Crippen LogP contribution >= 0.6 is 0 Å². The highest BCUT2D eigenvalue weighted by Crippen LogP contribution is 2.20. The number of aryl methyl sites for hydroxylation is 1. The molecule has 6 nitrogen and oxygen atoms in total. The number of carbonyl (C=O) groups is 2. The molecule has 0 atom stereocenters. The van der Waals surface area contributed by atoms with Crippen LogP contribution in [-0.4, -0.2) is 28.3 Å². The number of rotatable bonds is 6. The summed E-state index contributed by atoms with van der Waals surface area (Å²) in [6.07, 6.45) is 2.99. The fraction of sp³-hybridized carbons (Fsp3) is 0.261. The second-order valence-corrected chi connectivity index (χ2v) is 7.21. The molecule has 0 bridgehead atoms. The van der Waals surface area contributed by atoms with Gasteiger partial charge in [-0.3, -0.25) is 4.79 Å². The average Bonchev–Trinajstić information content (AvgIpc) is 3.36. The number of hydrogen-bond acceptors (Lipinski definition) is 5. The maximum atomic E-state index is 12.4. The number of carbonyl (C=O) groups excluding carboxylic acids is 2. The lowest BCUT2D eigenvalue weighted by molar-refractivity contribution is -0.128. The van der Waals surface area contributed by atoms with Gasteiger partial charge >= 0.3 is 5.97 Å². The summed E-state index contributed by atoms with van der Waals surface area (Å²) in [7, 11) is 0. The van der Waals surface area contributed by atoms with E-state index in [2.05, 4.69) is 4.98 Å². The lowest BCUT2D eigenvalue weighted by Crippen LogP contribution is -2.23. The van der Waals surface area contributed by atoms with Gasteiger partial charge in [0.05, 0.1) is 5.56 Å². The maximum absolute atomic E-state index is 12.4. The summed E-state index contributed by atoms with van der Waals surface area (Å²) in [5.41, 5.74) is 3.95. The van der Waals surface area contributed by atoms with Crippen LogP contribution in [-0.2, 0) is 22.7 Å². The first-order valence-electron chi connectivity index (χ1n) is 9.64. The Bertz CT molecular complexity index is 1020. The van der Waals surface area contributed by atoms with Gasteiger partial charge in [0.15, 0.2) is 0 Å². The second kappa shape index (κ2) is 8.31. The summed E-state index contributed by atoms with van der Waals surface area (Å²) in [5.74, 6) is 0.223. The Balaban J connectivity index is 1.37. The molecule has 0 saturated carbocycles. The van der Waals surface area contributed by atoms with Crippen molar-refractivity contribution in [1.29, 1.82) is 0 Å². The maximum Gasteiger partial charge on any atom is 0.338 e. The van der Waals surface area contributed by atoms with Gasteiger partial charge in [0, 0.05) is 25.1 Å². The molecule has 148 valence electrons. The van der Waals surface area contributed by atoms with Gasteiger partial charge in [-0.25, -0.2) is 9.78 Å². The molecule has 1 fully saturated rings. The van der Waals surface area contributed by atoms with Gasteiger partial charge in [-0.1, -0.05) is 29.8 Å². The van der Waals surface area contributed by atoms with Crippen LogP contribution in [0, 0.1) is 6.92 Å². The first-order chi connectivity index (χ1) is 14.1. The minimum absolute atomic E-state index is 0.0308. The van der Waals surface area contributed by atoms with Gasteiger partial charge in [-0.15, -0.1) is 0 Å². The van der Waals surface area contributed by atoms with Crippen LogP contribution in [0.1, 0.15) is 40.0 Å². The zero-order valence-corrected chi connectivity index (χ0v) is 16.3. The molecule has 0 spiro atoms. The Hall–Kier alpha value is -3.41. The molecule has 0 radical (unpaired) electrons. The quantitative estimate of drug-likeness (QED) is 0.592. The molecule has 0 aliphatic carbocycles. The van der Waals surface area contributed by atoms with Crippen LogP contribution in [0.25, 0.3) is 11.5 Å². The highest BCUT2D eigenvalue weighted by Gasteiger charge is 2.20. The van der Waals surface area contributed by atoms with Crippen molar-refractivity contribution in [3.8, 4) is 11.5 Å². The van der Waals surface area contributed by atoms with Crippen molar-refractivity contribution in [1.82, 2.24) is 9.88 Å². The molecule has 1 saturated heterocycles. The SMILES string of the molecule is Cc1ccc(-c2nc(COC(=O)c3cccc(CN4CCCC4=O)c3)co2)cc1. The van der Waals surface area contributed by atoms with Crippen LogP contribution < -0.4 is 0 Å². The second-order valence-electron chi connectivity index (χ2n) is 7.21. The minimum Gasteiger partial charge on any atom is -0.455 e. The Morgan fingerprint density at radius 2 is 2.03 bits per heavy atom. The lowest BCUT2D eigenvalue weighted by Gasteiger charge is -2.15. The molecule has 1 aliphatic rings. The molecule has 0 N–H and O–H groups in total. The van der Waals surface area contributed by atoms with E-state index in [1.165, 1.54) is 6.26 Å². The Morgan fingerprint density at radius 1 is 1.21 bits per heavy atom. The van der Waals surface area contributed by atoms with Crippen molar-refractivity contribution >= 4 is 11.9 Å². The van der Waals surface area contributed by atoms with Crippen LogP contribution in [0.5, 0.6) is 0 Å². The zero-order chi connectivity index (χ0) is 20.2. The van der Waals surface area contributed by atoms with E-state index in [0.717, 1.165) is 29.7 Å². The smallest absolute Gasteiger partial charge is 0.338 e. The number of ether oxygens (including phenoxy) is 1. The Labute approximate surface area is 169 Å². The standard InChI is InChI=1S/C23H22N2O4/c1-16-7-9-18(10-8-16)22-24-20(14-28-22)15-29-23(27)19-5-2-4-17(12-19)13-25-11-3-6-21(25)26/h2,4-5,7-10,12,14H,3,6,11,13,15H2,1H3. The van der Waals surface area contributed by atoms with Gasteiger partial charge in [-0.05, 0) is 43.2 Å². The first-order valence-corrected chi connectivity index (χ1v) is 9.64. The number of likely N-dealkylation sites (tertiary alicyclic amines) is 1. The summed E-state index contributed by atoms with van der Waals surface area (Å²) in [4.78, 5) is 30.4. The van der Waals surface area contributed by atoms with E-state index in [9.17, 15) is 9.59 Å². The zero-order valence-electron chi connectivity index (χ0n) is 16.3. The Kier molecular flexibility index (Phi) is 5.42. The van der Waals surface area contributed by atoms with Crippen molar-refractivity contribution in [3.05, 3.63) is 77.2 Å². The molecule has 1 amide bonds. The third-order valence-electron chi connectivity index (χ3n) is 4.91. The summed E-state index contributed by atoms with van der Waals surface area (Å²) < 4.78 is 10.9. The predicted molar refractivity (Wildman–Crippen MR) is 107 cm³/mol. The van der Waals surface area contributed by atoms with Crippen LogP contribution in [0.2, 0.25) is 0 Å². The van der Waals surface area contributed by atoms with E-state index in [1.807, 2.05) is 42.2 Å². The van der Waals surface area contributed by atoms with Crippen molar-refractivity contribution in [2.75, 3.05) is 6.54 Å². The van der Waals surface area contributed by atoms with E-state index >= 15 is 0 Å². The monoisotopic (exact) mass is 390 g/mol. The highest BCUT2D eigenvalue weighted by atomic mass is 16.5. The molecule has 1 aliphatic heterocycles. The number of esters is 1. The van der Waals surface area contributed by atoms with Gasteiger partial charge in [0.1, 0.15) is 18.6 Å². The molecule has 2 heterocycles. The molecule has 3 aromatic rings. The lowest BCUT2D eigenvalue weighted by atomic mass is 10.1. The molecule has 2 aromatic carbocycles. The molecular formula is C23H22N2O4. The van der Waals surface area contributed by atoms with E-state index in [4.69, 9.17) is 9.15 Å². The fourth-order valence-corrected chi connectivity index (χ4v) is 3.31. The molecule has 1 aromatic heterocycles. The Morgan fingerprint density at radius 3 is 2.79 bits per heavy atom.